The summed E-state index contributed by atoms with van der Waals surface area (Å²) in [6.45, 7) is 2.13. The van der Waals surface area contributed by atoms with Gasteiger partial charge in [0.05, 0.1) is 19.9 Å². The molecule has 0 atom stereocenters. The number of para-hydroxylation sites is 1. The van der Waals surface area contributed by atoms with Gasteiger partial charge in [-0.25, -0.2) is 0 Å². The predicted molar refractivity (Wildman–Crippen MR) is 65.1 cm³/mol. The highest BCUT2D eigenvalue weighted by Crippen LogP contribution is 2.37. The minimum atomic E-state index is 0.275. The van der Waals surface area contributed by atoms with Gasteiger partial charge in [0.25, 0.3) is 0 Å². The molecular formula is C13H15NO4. The molecule has 0 aliphatic rings. The minimum absolute atomic E-state index is 0.275. The molecule has 18 heavy (non-hydrogen) atoms. The first-order valence-corrected chi connectivity index (χ1v) is 5.50. The Morgan fingerprint density at radius 1 is 1.17 bits per heavy atom. The second-order valence-corrected chi connectivity index (χ2v) is 3.71. The zero-order chi connectivity index (χ0) is 13.0. The van der Waals surface area contributed by atoms with Crippen molar-refractivity contribution >= 4 is 0 Å². The predicted octanol–water partition coefficient (Wildman–Crippen LogP) is 2.58. The highest BCUT2D eigenvalue weighted by molar-refractivity contribution is 5.51. The Balaban J connectivity index is 2.17. The van der Waals surface area contributed by atoms with Gasteiger partial charge in [-0.05, 0) is 19.1 Å². The van der Waals surface area contributed by atoms with Crippen molar-refractivity contribution in [1.82, 2.24) is 5.16 Å². The van der Waals surface area contributed by atoms with Crippen LogP contribution < -0.4 is 14.2 Å². The normalized spacial score (nSPS) is 10.2. The van der Waals surface area contributed by atoms with Crippen LogP contribution in [0.1, 0.15) is 11.5 Å². The van der Waals surface area contributed by atoms with E-state index in [1.165, 1.54) is 0 Å². The highest BCUT2D eigenvalue weighted by atomic mass is 16.5. The lowest BCUT2D eigenvalue weighted by atomic mass is 10.3. The summed E-state index contributed by atoms with van der Waals surface area (Å²) < 4.78 is 21.2. The van der Waals surface area contributed by atoms with Crippen LogP contribution in [0.5, 0.6) is 17.2 Å². The third-order valence-electron chi connectivity index (χ3n) is 2.42. The van der Waals surface area contributed by atoms with Gasteiger partial charge >= 0.3 is 0 Å². The summed E-state index contributed by atoms with van der Waals surface area (Å²) in [5, 5.41) is 3.80. The smallest absolute Gasteiger partial charge is 0.203 e. The summed E-state index contributed by atoms with van der Waals surface area (Å²) in [5.41, 5.74) is 0.820. The first-order valence-electron chi connectivity index (χ1n) is 5.50. The van der Waals surface area contributed by atoms with E-state index in [0.717, 1.165) is 5.69 Å². The number of ether oxygens (including phenoxy) is 3. The van der Waals surface area contributed by atoms with E-state index in [-0.39, 0.29) is 6.61 Å². The Hall–Kier alpha value is -2.17. The van der Waals surface area contributed by atoms with Crippen molar-refractivity contribution in [2.45, 2.75) is 13.5 Å². The topological polar surface area (TPSA) is 53.7 Å². The van der Waals surface area contributed by atoms with E-state index >= 15 is 0 Å². The third kappa shape index (κ3) is 2.56. The Morgan fingerprint density at radius 2 is 1.83 bits per heavy atom. The molecule has 0 spiro atoms. The summed E-state index contributed by atoms with van der Waals surface area (Å²) in [7, 11) is 3.17. The summed E-state index contributed by atoms with van der Waals surface area (Å²) >= 11 is 0. The van der Waals surface area contributed by atoms with Gasteiger partial charge in [-0.1, -0.05) is 11.2 Å². The van der Waals surface area contributed by atoms with E-state index in [9.17, 15) is 0 Å². The van der Waals surface area contributed by atoms with Crippen molar-refractivity contribution in [1.29, 1.82) is 0 Å². The monoisotopic (exact) mass is 249 g/mol. The molecule has 0 bridgehead atoms. The van der Waals surface area contributed by atoms with E-state index in [0.29, 0.717) is 23.0 Å². The SMILES string of the molecule is COc1cccc(OC)c1OCc1cc(C)no1. The van der Waals surface area contributed by atoms with Crippen LogP contribution in [0.2, 0.25) is 0 Å². The zero-order valence-electron chi connectivity index (χ0n) is 10.6. The Kier molecular flexibility index (Phi) is 3.72. The number of hydrogen-bond donors (Lipinski definition) is 0. The van der Waals surface area contributed by atoms with Crippen molar-refractivity contribution in [2.75, 3.05) is 14.2 Å². The van der Waals surface area contributed by atoms with Gasteiger partial charge in [0.2, 0.25) is 5.75 Å². The average molecular weight is 249 g/mol. The maximum atomic E-state index is 5.67. The van der Waals surface area contributed by atoms with Crippen molar-refractivity contribution in [2.24, 2.45) is 0 Å². The van der Waals surface area contributed by atoms with Crippen LogP contribution in [-0.4, -0.2) is 19.4 Å². The number of aromatic nitrogens is 1. The standard InChI is InChI=1S/C13H15NO4/c1-9-7-10(18-14-9)8-17-13-11(15-2)5-4-6-12(13)16-3/h4-7H,8H2,1-3H3. The van der Waals surface area contributed by atoms with Crippen molar-refractivity contribution in [3.8, 4) is 17.2 Å². The van der Waals surface area contributed by atoms with Gasteiger partial charge in [0.15, 0.2) is 17.3 Å². The molecule has 2 rings (SSSR count). The third-order valence-corrected chi connectivity index (χ3v) is 2.42. The van der Waals surface area contributed by atoms with E-state index in [4.69, 9.17) is 18.7 Å². The Bertz CT molecular complexity index is 499. The quantitative estimate of drug-likeness (QED) is 0.815. The van der Waals surface area contributed by atoms with Crippen LogP contribution >= 0.6 is 0 Å². The number of nitrogens with zero attached hydrogens (tertiary/aromatic N) is 1. The van der Waals surface area contributed by atoms with Crippen LogP contribution in [0.3, 0.4) is 0 Å². The van der Waals surface area contributed by atoms with Crippen LogP contribution in [-0.2, 0) is 6.61 Å². The van der Waals surface area contributed by atoms with Gasteiger partial charge in [-0.3, -0.25) is 0 Å². The van der Waals surface area contributed by atoms with Crippen LogP contribution in [0.4, 0.5) is 0 Å². The van der Waals surface area contributed by atoms with Crippen LogP contribution in [0, 0.1) is 6.92 Å². The summed E-state index contributed by atoms with van der Waals surface area (Å²) in [6.07, 6.45) is 0. The van der Waals surface area contributed by atoms with Crippen LogP contribution in [0.25, 0.3) is 0 Å². The Labute approximate surface area is 105 Å². The molecule has 2 aromatic rings. The molecule has 0 unspecified atom stereocenters. The fraction of sp³-hybridized carbons (Fsp3) is 0.308. The first-order chi connectivity index (χ1) is 8.74. The van der Waals surface area contributed by atoms with E-state index in [2.05, 4.69) is 5.16 Å². The fourth-order valence-corrected chi connectivity index (χ4v) is 1.59. The van der Waals surface area contributed by atoms with Gasteiger partial charge in [0.1, 0.15) is 6.61 Å². The molecule has 1 heterocycles. The molecule has 0 saturated heterocycles. The maximum Gasteiger partial charge on any atom is 0.203 e. The Morgan fingerprint density at radius 3 is 2.33 bits per heavy atom. The van der Waals surface area contributed by atoms with E-state index < -0.39 is 0 Å². The van der Waals surface area contributed by atoms with Crippen molar-refractivity contribution in [3.63, 3.8) is 0 Å². The number of benzene rings is 1. The second-order valence-electron chi connectivity index (χ2n) is 3.71. The van der Waals surface area contributed by atoms with Crippen molar-refractivity contribution in [3.05, 3.63) is 35.7 Å². The summed E-state index contributed by atoms with van der Waals surface area (Å²) in [6, 6.07) is 7.28. The lowest BCUT2D eigenvalue weighted by Crippen LogP contribution is -1.99. The molecule has 0 N–H and O–H groups in total. The molecular weight excluding hydrogens is 234 g/mol. The molecule has 5 heteroatoms. The summed E-state index contributed by atoms with van der Waals surface area (Å²) in [4.78, 5) is 0. The van der Waals surface area contributed by atoms with E-state index in [1.807, 2.05) is 31.2 Å². The fourth-order valence-electron chi connectivity index (χ4n) is 1.59. The molecule has 0 fully saturated rings. The molecule has 1 aromatic carbocycles. The minimum Gasteiger partial charge on any atom is -0.493 e. The maximum absolute atomic E-state index is 5.67. The summed E-state index contributed by atoms with van der Waals surface area (Å²) in [5.74, 6) is 2.44. The molecule has 0 saturated carbocycles. The largest absolute Gasteiger partial charge is 0.493 e. The van der Waals surface area contributed by atoms with E-state index in [1.54, 1.807) is 14.2 Å². The molecule has 0 amide bonds. The molecule has 5 nitrogen and oxygen atoms in total. The van der Waals surface area contributed by atoms with Gasteiger partial charge in [-0.15, -0.1) is 0 Å². The second kappa shape index (κ2) is 5.44. The highest BCUT2D eigenvalue weighted by Gasteiger charge is 2.12. The molecule has 1 aromatic heterocycles. The van der Waals surface area contributed by atoms with Crippen molar-refractivity contribution < 1.29 is 18.7 Å². The van der Waals surface area contributed by atoms with Crippen LogP contribution in [0.15, 0.2) is 28.8 Å². The first kappa shape index (κ1) is 12.3. The number of aryl methyl sites for hydroxylation is 1. The van der Waals surface area contributed by atoms with Gasteiger partial charge < -0.3 is 18.7 Å². The molecule has 96 valence electrons. The average Bonchev–Trinajstić information content (AvgIpc) is 2.81. The molecule has 0 radical (unpaired) electrons. The zero-order valence-corrected chi connectivity index (χ0v) is 10.6. The number of rotatable bonds is 5. The molecule has 0 aliphatic heterocycles. The lowest BCUT2D eigenvalue weighted by Gasteiger charge is -2.12. The number of methoxy groups -OCH3 is 2. The van der Waals surface area contributed by atoms with Gasteiger partial charge in [0, 0.05) is 6.07 Å². The van der Waals surface area contributed by atoms with Gasteiger partial charge in [-0.2, -0.15) is 0 Å². The lowest BCUT2D eigenvalue weighted by molar-refractivity contribution is 0.228. The number of hydrogen-bond acceptors (Lipinski definition) is 5. The molecule has 0 aliphatic carbocycles.